The molecule has 12 heteroatoms. The zero-order valence-corrected chi connectivity index (χ0v) is 18.2. The van der Waals surface area contributed by atoms with E-state index in [9.17, 15) is 22.8 Å². The Morgan fingerprint density at radius 2 is 2.12 bits per heavy atom. The van der Waals surface area contributed by atoms with E-state index >= 15 is 0 Å². The molecule has 2 amide bonds. The van der Waals surface area contributed by atoms with E-state index in [0.717, 1.165) is 21.5 Å². The molecule has 9 nitrogen and oxygen atoms in total. The van der Waals surface area contributed by atoms with Crippen molar-refractivity contribution in [3.8, 4) is 0 Å². The van der Waals surface area contributed by atoms with Gasteiger partial charge >= 0.3 is 6.18 Å². The smallest absolute Gasteiger partial charge is 0.365 e. The Bertz CT molecular complexity index is 1270. The first-order valence-corrected chi connectivity index (χ1v) is 10.6. The molecule has 0 aliphatic carbocycles. The summed E-state index contributed by atoms with van der Waals surface area (Å²) in [5.41, 5.74) is 3.11. The monoisotopic (exact) mass is 474 g/mol. The number of pyridine rings is 1. The molecule has 0 bridgehead atoms. The molecule has 2 aromatic heterocycles. The highest BCUT2D eigenvalue weighted by Crippen LogP contribution is 2.32. The predicted molar refractivity (Wildman–Crippen MR) is 115 cm³/mol. The zero-order valence-electron chi connectivity index (χ0n) is 18.2. The predicted octanol–water partition coefficient (Wildman–Crippen LogP) is 2.46. The molecule has 1 fully saturated rings. The Morgan fingerprint density at radius 3 is 2.91 bits per heavy atom. The summed E-state index contributed by atoms with van der Waals surface area (Å²) >= 11 is 0. The number of hydrogen-bond acceptors (Lipinski definition) is 6. The molecule has 3 aromatic rings. The van der Waals surface area contributed by atoms with Gasteiger partial charge in [0.25, 0.3) is 5.91 Å². The Kier molecular flexibility index (Phi) is 5.39. The van der Waals surface area contributed by atoms with Gasteiger partial charge in [0.2, 0.25) is 5.91 Å². The van der Waals surface area contributed by atoms with Crippen molar-refractivity contribution in [2.75, 3.05) is 31.6 Å². The minimum absolute atomic E-state index is 0.0526. The third kappa shape index (κ3) is 4.04. The number of carbonyl (C=O) groups is 2. The topological polar surface area (TPSA) is 92.6 Å². The SMILES string of the molecule is Cn1ncc2cc(Nc3cccc4c3C(=O)N(CC(=O)N3CCO[C@@H](C(F)(F)F)C3)C4)cnc21. The number of aryl methyl sites for hydroxylation is 1. The van der Waals surface area contributed by atoms with Crippen molar-refractivity contribution < 1.29 is 27.5 Å². The van der Waals surface area contributed by atoms with E-state index in [0.29, 0.717) is 16.9 Å². The van der Waals surface area contributed by atoms with Gasteiger partial charge in [0.05, 0.1) is 42.5 Å². The van der Waals surface area contributed by atoms with Crippen LogP contribution in [-0.2, 0) is 23.1 Å². The lowest BCUT2D eigenvalue weighted by molar-refractivity contribution is -0.236. The third-order valence-corrected chi connectivity index (χ3v) is 5.97. The van der Waals surface area contributed by atoms with Gasteiger partial charge in [-0.3, -0.25) is 14.3 Å². The fraction of sp³-hybridized carbons (Fsp3) is 0.364. The van der Waals surface area contributed by atoms with E-state index in [2.05, 4.69) is 15.4 Å². The Morgan fingerprint density at radius 1 is 1.29 bits per heavy atom. The first-order chi connectivity index (χ1) is 16.2. The van der Waals surface area contributed by atoms with Crippen LogP contribution in [0.15, 0.2) is 36.7 Å². The van der Waals surface area contributed by atoms with Crippen LogP contribution >= 0.6 is 0 Å². The molecule has 0 spiro atoms. The van der Waals surface area contributed by atoms with Crippen LogP contribution in [0.2, 0.25) is 0 Å². The molecule has 34 heavy (non-hydrogen) atoms. The van der Waals surface area contributed by atoms with Gasteiger partial charge in [0.15, 0.2) is 11.8 Å². The molecule has 2 aliphatic heterocycles. The number of rotatable bonds is 4. The average molecular weight is 474 g/mol. The van der Waals surface area contributed by atoms with Crippen LogP contribution in [0.25, 0.3) is 11.0 Å². The van der Waals surface area contributed by atoms with Crippen LogP contribution in [0.5, 0.6) is 0 Å². The number of anilines is 2. The number of alkyl halides is 3. The Balaban J connectivity index is 1.31. The highest BCUT2D eigenvalue weighted by molar-refractivity contribution is 6.05. The number of nitrogens with zero attached hydrogens (tertiary/aromatic N) is 5. The summed E-state index contributed by atoms with van der Waals surface area (Å²) in [5.74, 6) is -0.901. The molecule has 2 aliphatic rings. The lowest BCUT2D eigenvalue weighted by Crippen LogP contribution is -2.53. The van der Waals surface area contributed by atoms with E-state index in [1.165, 1.54) is 4.90 Å². The zero-order chi connectivity index (χ0) is 24.0. The van der Waals surface area contributed by atoms with E-state index < -0.39 is 24.7 Å². The van der Waals surface area contributed by atoms with Crippen molar-refractivity contribution >= 4 is 34.2 Å². The second-order valence-corrected chi connectivity index (χ2v) is 8.27. The second kappa shape index (κ2) is 8.28. The van der Waals surface area contributed by atoms with Gasteiger partial charge < -0.3 is 19.9 Å². The maximum absolute atomic E-state index is 13.1. The van der Waals surface area contributed by atoms with E-state index in [4.69, 9.17) is 4.74 Å². The number of carbonyl (C=O) groups excluding carboxylic acids is 2. The van der Waals surface area contributed by atoms with Crippen molar-refractivity contribution in [3.63, 3.8) is 0 Å². The minimum atomic E-state index is -4.55. The number of hydrogen-bond donors (Lipinski definition) is 1. The maximum Gasteiger partial charge on any atom is 0.416 e. The van der Waals surface area contributed by atoms with Crippen LogP contribution < -0.4 is 5.32 Å². The normalized spacial score (nSPS) is 18.5. The molecule has 1 saturated heterocycles. The van der Waals surface area contributed by atoms with Gasteiger partial charge in [-0.15, -0.1) is 0 Å². The molecule has 0 unspecified atom stereocenters. The van der Waals surface area contributed by atoms with Crippen LogP contribution in [0.3, 0.4) is 0 Å². The van der Waals surface area contributed by atoms with Gasteiger partial charge in [0.1, 0.15) is 6.54 Å². The number of fused-ring (bicyclic) bond motifs is 2. The summed E-state index contributed by atoms with van der Waals surface area (Å²) in [5, 5.41) is 8.21. The fourth-order valence-corrected chi connectivity index (χ4v) is 4.26. The van der Waals surface area contributed by atoms with Gasteiger partial charge in [-0.05, 0) is 17.7 Å². The van der Waals surface area contributed by atoms with E-state index in [1.54, 1.807) is 42.3 Å². The molecule has 5 rings (SSSR count). The van der Waals surface area contributed by atoms with E-state index in [-0.39, 0.29) is 32.1 Å². The minimum Gasteiger partial charge on any atom is -0.365 e. The number of nitrogens with one attached hydrogen (secondary N) is 1. The fourth-order valence-electron chi connectivity index (χ4n) is 4.26. The van der Waals surface area contributed by atoms with Crippen molar-refractivity contribution in [2.45, 2.75) is 18.8 Å². The summed E-state index contributed by atoms with van der Waals surface area (Å²) in [6.07, 6.45) is -3.23. The molecular formula is C22H21F3N6O3. The van der Waals surface area contributed by atoms with E-state index in [1.807, 2.05) is 6.07 Å². The summed E-state index contributed by atoms with van der Waals surface area (Å²) in [7, 11) is 1.79. The number of aromatic nitrogens is 3. The van der Waals surface area contributed by atoms with Crippen LogP contribution in [0, 0.1) is 0 Å². The molecule has 1 atom stereocenters. The lowest BCUT2D eigenvalue weighted by atomic mass is 10.1. The molecule has 0 radical (unpaired) electrons. The first-order valence-electron chi connectivity index (χ1n) is 10.6. The van der Waals surface area contributed by atoms with Crippen molar-refractivity contribution in [3.05, 3.63) is 47.8 Å². The number of benzene rings is 1. The number of amides is 2. The molecule has 1 N–H and O–H groups in total. The Labute approximate surface area is 192 Å². The van der Waals surface area contributed by atoms with Crippen molar-refractivity contribution in [1.29, 1.82) is 0 Å². The third-order valence-electron chi connectivity index (χ3n) is 5.97. The van der Waals surface area contributed by atoms with Crippen molar-refractivity contribution in [2.24, 2.45) is 7.05 Å². The summed E-state index contributed by atoms with van der Waals surface area (Å²) in [6, 6.07) is 7.21. The van der Waals surface area contributed by atoms with Gasteiger partial charge in [-0.25, -0.2) is 4.98 Å². The van der Waals surface area contributed by atoms with Gasteiger partial charge in [-0.1, -0.05) is 12.1 Å². The molecule has 178 valence electrons. The maximum atomic E-state index is 13.1. The number of halogens is 3. The lowest BCUT2D eigenvalue weighted by Gasteiger charge is -2.34. The second-order valence-electron chi connectivity index (χ2n) is 8.27. The van der Waals surface area contributed by atoms with Crippen molar-refractivity contribution in [1.82, 2.24) is 24.6 Å². The summed E-state index contributed by atoms with van der Waals surface area (Å²) in [6.45, 7) is -0.832. The van der Waals surface area contributed by atoms with Crippen LogP contribution in [-0.4, -0.2) is 74.9 Å². The van der Waals surface area contributed by atoms with Gasteiger partial charge in [0, 0.05) is 25.5 Å². The average Bonchev–Trinajstić information content (AvgIpc) is 3.33. The molecular weight excluding hydrogens is 453 g/mol. The number of morpholine rings is 1. The number of ether oxygens (including phenoxy) is 1. The van der Waals surface area contributed by atoms with Gasteiger partial charge in [-0.2, -0.15) is 18.3 Å². The quantitative estimate of drug-likeness (QED) is 0.625. The molecule has 0 saturated carbocycles. The highest BCUT2D eigenvalue weighted by Gasteiger charge is 2.44. The first kappa shape index (κ1) is 22.1. The molecule has 1 aromatic carbocycles. The van der Waals surface area contributed by atoms with Crippen LogP contribution in [0.1, 0.15) is 15.9 Å². The highest BCUT2D eigenvalue weighted by atomic mass is 19.4. The Hall–Kier alpha value is -3.67. The molecule has 4 heterocycles. The van der Waals surface area contributed by atoms with Crippen LogP contribution in [0.4, 0.5) is 24.5 Å². The standard InChI is InChI=1S/C22H21F3N6O3/c1-29-20-14(8-27-29)7-15(9-26-20)28-16-4-2-3-13-10-31(21(33)19(13)16)12-18(32)30-5-6-34-17(11-30)22(23,24)25/h2-4,7-9,17,28H,5-6,10-12H2,1H3/t17-/m1/s1. The summed E-state index contributed by atoms with van der Waals surface area (Å²) in [4.78, 5) is 32.7. The summed E-state index contributed by atoms with van der Waals surface area (Å²) < 4.78 is 45.4. The largest absolute Gasteiger partial charge is 0.416 e.